The number of sulfonamides is 1. The van der Waals surface area contributed by atoms with Gasteiger partial charge in [0.2, 0.25) is 10.0 Å². The van der Waals surface area contributed by atoms with Gasteiger partial charge in [0.15, 0.2) is 0 Å². The molecular weight excluding hydrogens is 252 g/mol. The minimum absolute atomic E-state index is 0.0944. The van der Waals surface area contributed by atoms with Crippen LogP contribution in [-0.4, -0.2) is 21.6 Å². The molecule has 1 N–H and O–H groups in total. The van der Waals surface area contributed by atoms with Gasteiger partial charge in [-0.2, -0.15) is 9.98 Å². The Bertz CT molecular complexity index is 529. The molecule has 0 saturated carbocycles. The number of nitrogens with zero attached hydrogens (tertiary/aromatic N) is 1. The zero-order valence-electron chi connectivity index (χ0n) is 10.5. The monoisotopic (exact) mass is 268 g/mol. The summed E-state index contributed by atoms with van der Waals surface area (Å²) in [6, 6.07) is 7.20. The number of nitrogens with one attached hydrogen (secondary N) is 1. The summed E-state index contributed by atoms with van der Waals surface area (Å²) in [4.78, 5) is 0.115. The molecule has 0 aromatic heterocycles. The van der Waals surface area contributed by atoms with Crippen molar-refractivity contribution in [2.75, 3.05) is 7.11 Å². The molecule has 0 heterocycles. The molecule has 0 spiro atoms. The van der Waals surface area contributed by atoms with E-state index in [0.717, 1.165) is 0 Å². The van der Waals surface area contributed by atoms with Gasteiger partial charge in [-0.1, -0.05) is 13.8 Å². The number of hydrogen-bond acceptors (Lipinski definition) is 4. The van der Waals surface area contributed by atoms with Crippen molar-refractivity contribution < 1.29 is 13.2 Å². The Labute approximate surface area is 107 Å². The van der Waals surface area contributed by atoms with Crippen LogP contribution in [0.25, 0.3) is 0 Å². The third-order valence-corrected chi connectivity index (χ3v) is 3.91. The second-order valence-electron chi connectivity index (χ2n) is 4.15. The van der Waals surface area contributed by atoms with Crippen molar-refractivity contribution in [1.29, 1.82) is 5.26 Å². The number of ether oxygens (including phenoxy) is 1. The first-order valence-electron chi connectivity index (χ1n) is 5.46. The fourth-order valence-corrected chi connectivity index (χ4v) is 2.59. The van der Waals surface area contributed by atoms with E-state index in [1.165, 1.54) is 19.2 Å². The van der Waals surface area contributed by atoms with Gasteiger partial charge < -0.3 is 4.74 Å². The van der Waals surface area contributed by atoms with Gasteiger partial charge in [-0.05, 0) is 30.2 Å². The van der Waals surface area contributed by atoms with Gasteiger partial charge in [0, 0.05) is 0 Å². The van der Waals surface area contributed by atoms with Crippen LogP contribution in [0, 0.1) is 17.2 Å². The second kappa shape index (κ2) is 5.85. The highest BCUT2D eigenvalue weighted by Crippen LogP contribution is 2.16. The smallest absolute Gasteiger partial charge is 0.241 e. The van der Waals surface area contributed by atoms with Crippen molar-refractivity contribution in [1.82, 2.24) is 4.72 Å². The maximum Gasteiger partial charge on any atom is 0.241 e. The molecule has 0 amide bonds. The Hall–Kier alpha value is -1.58. The van der Waals surface area contributed by atoms with Gasteiger partial charge in [-0.25, -0.2) is 8.42 Å². The lowest BCUT2D eigenvalue weighted by Crippen LogP contribution is -2.37. The molecular formula is C12H16N2O3S. The molecule has 1 aromatic rings. The molecule has 0 fully saturated rings. The summed E-state index contributed by atoms with van der Waals surface area (Å²) in [6.07, 6.45) is 0. The molecule has 0 aliphatic rings. The van der Waals surface area contributed by atoms with E-state index in [1.807, 2.05) is 6.07 Å². The van der Waals surface area contributed by atoms with Gasteiger partial charge in [0.1, 0.15) is 11.8 Å². The maximum atomic E-state index is 12.0. The highest BCUT2D eigenvalue weighted by atomic mass is 32.2. The highest BCUT2D eigenvalue weighted by Gasteiger charge is 2.21. The van der Waals surface area contributed by atoms with Crippen LogP contribution >= 0.6 is 0 Å². The van der Waals surface area contributed by atoms with Crippen LogP contribution in [-0.2, 0) is 10.0 Å². The van der Waals surface area contributed by atoms with Crippen LogP contribution in [0.4, 0.5) is 0 Å². The fourth-order valence-electron chi connectivity index (χ4n) is 1.30. The Morgan fingerprint density at radius 3 is 2.22 bits per heavy atom. The average molecular weight is 268 g/mol. The lowest BCUT2D eigenvalue weighted by molar-refractivity contribution is 0.414. The van der Waals surface area contributed by atoms with E-state index in [-0.39, 0.29) is 10.8 Å². The van der Waals surface area contributed by atoms with E-state index in [4.69, 9.17) is 10.00 Å². The first-order valence-corrected chi connectivity index (χ1v) is 6.95. The molecule has 18 heavy (non-hydrogen) atoms. The zero-order chi connectivity index (χ0) is 13.8. The Morgan fingerprint density at radius 1 is 1.28 bits per heavy atom. The van der Waals surface area contributed by atoms with Crippen molar-refractivity contribution in [3.63, 3.8) is 0 Å². The number of nitriles is 1. The summed E-state index contributed by atoms with van der Waals surface area (Å²) < 4.78 is 31.3. The topological polar surface area (TPSA) is 79.2 Å². The molecule has 0 radical (unpaired) electrons. The quantitative estimate of drug-likeness (QED) is 0.878. The van der Waals surface area contributed by atoms with Crippen molar-refractivity contribution in [3.05, 3.63) is 24.3 Å². The first kappa shape index (κ1) is 14.5. The lowest BCUT2D eigenvalue weighted by atomic mass is 10.1. The Morgan fingerprint density at radius 2 is 1.83 bits per heavy atom. The molecule has 0 aliphatic heterocycles. The molecule has 1 aromatic carbocycles. The van der Waals surface area contributed by atoms with Gasteiger partial charge in [-0.15, -0.1) is 0 Å². The lowest BCUT2D eigenvalue weighted by Gasteiger charge is -2.15. The predicted molar refractivity (Wildman–Crippen MR) is 67.6 cm³/mol. The number of rotatable bonds is 5. The van der Waals surface area contributed by atoms with E-state index >= 15 is 0 Å². The van der Waals surface area contributed by atoms with E-state index in [9.17, 15) is 8.42 Å². The third-order valence-electron chi connectivity index (χ3n) is 2.46. The van der Waals surface area contributed by atoms with Crippen molar-refractivity contribution in [2.24, 2.45) is 5.92 Å². The summed E-state index contributed by atoms with van der Waals surface area (Å²) in [7, 11) is -2.16. The van der Waals surface area contributed by atoms with Crippen LogP contribution in [0.2, 0.25) is 0 Å². The van der Waals surface area contributed by atoms with Crippen molar-refractivity contribution in [2.45, 2.75) is 24.8 Å². The normalized spacial score (nSPS) is 13.1. The van der Waals surface area contributed by atoms with Gasteiger partial charge in [0.05, 0.1) is 18.1 Å². The fraction of sp³-hybridized carbons (Fsp3) is 0.417. The number of methoxy groups -OCH3 is 1. The SMILES string of the molecule is COc1ccc(S(=O)(=O)NC(C#N)C(C)C)cc1. The summed E-state index contributed by atoms with van der Waals surface area (Å²) in [5.41, 5.74) is 0. The van der Waals surface area contributed by atoms with Crippen molar-refractivity contribution >= 4 is 10.0 Å². The van der Waals surface area contributed by atoms with E-state index < -0.39 is 16.1 Å². The molecule has 98 valence electrons. The summed E-state index contributed by atoms with van der Waals surface area (Å²) >= 11 is 0. The summed E-state index contributed by atoms with van der Waals surface area (Å²) in [5, 5.41) is 8.89. The van der Waals surface area contributed by atoms with Crippen LogP contribution in [0.1, 0.15) is 13.8 Å². The minimum atomic E-state index is -3.67. The number of hydrogen-bond donors (Lipinski definition) is 1. The predicted octanol–water partition coefficient (Wildman–Crippen LogP) is 1.52. The van der Waals surface area contributed by atoms with Crippen LogP contribution in [0.5, 0.6) is 5.75 Å². The standard InChI is InChI=1S/C12H16N2O3S/c1-9(2)12(8-13)14-18(15,16)11-6-4-10(17-3)5-7-11/h4-7,9,12,14H,1-3H3. The second-order valence-corrected chi connectivity index (χ2v) is 5.86. The summed E-state index contributed by atoms with van der Waals surface area (Å²) in [6.45, 7) is 3.56. The van der Waals surface area contributed by atoms with Crippen molar-refractivity contribution in [3.8, 4) is 11.8 Å². The van der Waals surface area contributed by atoms with Crippen LogP contribution in [0.15, 0.2) is 29.2 Å². The van der Waals surface area contributed by atoms with E-state index in [1.54, 1.807) is 26.0 Å². The zero-order valence-corrected chi connectivity index (χ0v) is 11.4. The molecule has 0 saturated heterocycles. The van der Waals surface area contributed by atoms with Gasteiger partial charge in [0.25, 0.3) is 0 Å². The minimum Gasteiger partial charge on any atom is -0.497 e. The molecule has 1 rings (SSSR count). The van der Waals surface area contributed by atoms with Crippen LogP contribution < -0.4 is 9.46 Å². The number of benzene rings is 1. The van der Waals surface area contributed by atoms with Gasteiger partial charge >= 0.3 is 0 Å². The summed E-state index contributed by atoms with van der Waals surface area (Å²) in [5.74, 6) is 0.484. The van der Waals surface area contributed by atoms with E-state index in [0.29, 0.717) is 5.75 Å². The van der Waals surface area contributed by atoms with Crippen LogP contribution in [0.3, 0.4) is 0 Å². The first-order chi connectivity index (χ1) is 8.40. The van der Waals surface area contributed by atoms with Gasteiger partial charge in [-0.3, -0.25) is 0 Å². The Balaban J connectivity index is 2.96. The molecule has 1 atom stereocenters. The molecule has 5 nitrogen and oxygen atoms in total. The third kappa shape index (κ3) is 3.45. The highest BCUT2D eigenvalue weighted by molar-refractivity contribution is 7.89. The largest absolute Gasteiger partial charge is 0.497 e. The Kier molecular flexibility index (Phi) is 4.70. The average Bonchev–Trinajstić information content (AvgIpc) is 2.35. The van der Waals surface area contributed by atoms with E-state index in [2.05, 4.69) is 4.72 Å². The molecule has 6 heteroatoms. The molecule has 1 unspecified atom stereocenters. The molecule has 0 bridgehead atoms. The maximum absolute atomic E-state index is 12.0. The molecule has 0 aliphatic carbocycles.